The summed E-state index contributed by atoms with van der Waals surface area (Å²) < 4.78 is 34.9. The van der Waals surface area contributed by atoms with Crippen LogP contribution in [0.1, 0.15) is 0 Å². The van der Waals surface area contributed by atoms with E-state index in [1.165, 1.54) is 12.1 Å². The van der Waals surface area contributed by atoms with Crippen LogP contribution in [0.5, 0.6) is 5.75 Å². The minimum absolute atomic E-state index is 0.154. The van der Waals surface area contributed by atoms with Crippen LogP contribution in [0.15, 0.2) is 24.3 Å². The van der Waals surface area contributed by atoms with E-state index in [0.29, 0.717) is 0 Å². The van der Waals surface area contributed by atoms with Gasteiger partial charge in [-0.15, -0.1) is 0 Å². The molecule has 0 aliphatic rings. The van der Waals surface area contributed by atoms with Crippen LogP contribution in [0.4, 0.5) is 5.69 Å². The van der Waals surface area contributed by atoms with Gasteiger partial charge in [-0.1, -0.05) is 12.1 Å². The zero-order valence-electron chi connectivity index (χ0n) is 10.1. The lowest BCUT2D eigenvalue weighted by Gasteiger charge is -2.11. The van der Waals surface area contributed by atoms with E-state index in [4.69, 9.17) is 10.00 Å². The van der Waals surface area contributed by atoms with E-state index in [1.54, 1.807) is 18.2 Å². The number of methoxy groups -OCH3 is 1. The molecule has 0 saturated heterocycles. The lowest BCUT2D eigenvalue weighted by atomic mass is 10.3. The third-order valence-corrected chi connectivity index (χ3v) is 3.13. The van der Waals surface area contributed by atoms with Gasteiger partial charge in [0.1, 0.15) is 11.8 Å². The summed E-state index contributed by atoms with van der Waals surface area (Å²) in [6.07, 6.45) is 0. The normalized spacial score (nSPS) is 10.3. The van der Waals surface area contributed by atoms with Crippen molar-refractivity contribution in [2.24, 2.45) is 0 Å². The van der Waals surface area contributed by atoms with Crippen molar-refractivity contribution in [1.29, 1.82) is 5.26 Å². The predicted octanol–water partition coefficient (Wildman–Crippen LogP) is 0.504. The molecular formula is C11H12N2O5S. The van der Waals surface area contributed by atoms with Crippen LogP contribution in [-0.2, 0) is 19.6 Å². The number of hydrogen-bond donors (Lipinski definition) is 1. The van der Waals surface area contributed by atoms with Crippen molar-refractivity contribution in [2.45, 2.75) is 0 Å². The SMILES string of the molecule is COC(=O)CS(=O)(=O)Nc1ccccc1OCC#N. The second-order valence-corrected chi connectivity index (χ2v) is 5.10. The maximum atomic E-state index is 11.7. The zero-order chi connectivity index (χ0) is 14.3. The van der Waals surface area contributed by atoms with Crippen LogP contribution in [0.3, 0.4) is 0 Å². The van der Waals surface area contributed by atoms with Crippen molar-refractivity contribution in [1.82, 2.24) is 0 Å². The summed E-state index contributed by atoms with van der Waals surface area (Å²) in [7, 11) is -2.78. The summed E-state index contributed by atoms with van der Waals surface area (Å²) in [5, 5.41) is 8.43. The van der Waals surface area contributed by atoms with Gasteiger partial charge in [0, 0.05) is 0 Å². The fraction of sp³-hybridized carbons (Fsp3) is 0.273. The molecule has 0 aliphatic heterocycles. The smallest absolute Gasteiger partial charge is 0.322 e. The monoisotopic (exact) mass is 284 g/mol. The van der Waals surface area contributed by atoms with Crippen molar-refractivity contribution in [2.75, 3.05) is 24.2 Å². The molecule has 1 aromatic carbocycles. The van der Waals surface area contributed by atoms with E-state index in [2.05, 4.69) is 9.46 Å². The third kappa shape index (κ3) is 4.85. The maximum absolute atomic E-state index is 11.7. The van der Waals surface area contributed by atoms with Crippen LogP contribution >= 0.6 is 0 Å². The van der Waals surface area contributed by atoms with Crippen molar-refractivity contribution >= 4 is 21.7 Å². The summed E-state index contributed by atoms with van der Waals surface area (Å²) in [4.78, 5) is 11.0. The van der Waals surface area contributed by atoms with Gasteiger partial charge in [-0.05, 0) is 12.1 Å². The van der Waals surface area contributed by atoms with Gasteiger partial charge in [-0.3, -0.25) is 9.52 Å². The molecule has 19 heavy (non-hydrogen) atoms. The highest BCUT2D eigenvalue weighted by Gasteiger charge is 2.18. The molecule has 1 rings (SSSR count). The molecule has 0 unspecified atom stereocenters. The minimum Gasteiger partial charge on any atom is -0.477 e. The molecule has 0 radical (unpaired) electrons. The molecule has 0 heterocycles. The number of nitrogens with zero attached hydrogens (tertiary/aromatic N) is 1. The van der Waals surface area contributed by atoms with Gasteiger partial charge < -0.3 is 9.47 Å². The van der Waals surface area contributed by atoms with Gasteiger partial charge in [0.2, 0.25) is 10.0 Å². The molecule has 0 spiro atoms. The Morgan fingerprint density at radius 1 is 1.42 bits per heavy atom. The highest BCUT2D eigenvalue weighted by atomic mass is 32.2. The number of benzene rings is 1. The molecule has 8 heteroatoms. The molecule has 7 nitrogen and oxygen atoms in total. The number of para-hydroxylation sites is 2. The van der Waals surface area contributed by atoms with E-state index in [0.717, 1.165) is 7.11 Å². The van der Waals surface area contributed by atoms with Gasteiger partial charge in [0.25, 0.3) is 0 Å². The Morgan fingerprint density at radius 2 is 2.11 bits per heavy atom. The Morgan fingerprint density at radius 3 is 2.74 bits per heavy atom. The largest absolute Gasteiger partial charge is 0.477 e. The summed E-state index contributed by atoms with van der Waals surface area (Å²) in [6.45, 7) is -0.213. The lowest BCUT2D eigenvalue weighted by molar-refractivity contribution is -0.137. The second kappa shape index (κ2) is 6.61. The fourth-order valence-corrected chi connectivity index (χ4v) is 2.21. The number of carbonyl (C=O) groups is 1. The first-order chi connectivity index (χ1) is 8.98. The van der Waals surface area contributed by atoms with Gasteiger partial charge in [0.05, 0.1) is 12.8 Å². The first kappa shape index (κ1) is 14.8. The van der Waals surface area contributed by atoms with Gasteiger partial charge in [0.15, 0.2) is 12.4 Å². The topological polar surface area (TPSA) is 105 Å². The molecule has 0 bridgehead atoms. The Hall–Kier alpha value is -2.27. The van der Waals surface area contributed by atoms with E-state index < -0.39 is 21.7 Å². The summed E-state index contributed by atoms with van der Waals surface area (Å²) in [6, 6.07) is 7.96. The summed E-state index contributed by atoms with van der Waals surface area (Å²) in [5.41, 5.74) is 0.154. The van der Waals surface area contributed by atoms with Crippen LogP contribution < -0.4 is 9.46 Å². The number of anilines is 1. The molecule has 0 amide bonds. The van der Waals surface area contributed by atoms with E-state index in [-0.39, 0.29) is 18.0 Å². The average molecular weight is 284 g/mol. The number of esters is 1. The maximum Gasteiger partial charge on any atom is 0.322 e. The summed E-state index contributed by atoms with van der Waals surface area (Å²) in [5.74, 6) is -1.46. The van der Waals surface area contributed by atoms with Crippen molar-refractivity contribution < 1.29 is 22.7 Å². The van der Waals surface area contributed by atoms with Crippen molar-refractivity contribution in [3.63, 3.8) is 0 Å². The van der Waals surface area contributed by atoms with Crippen LogP contribution in [-0.4, -0.2) is 33.9 Å². The van der Waals surface area contributed by atoms with E-state index in [9.17, 15) is 13.2 Å². The molecule has 0 fully saturated rings. The first-order valence-electron chi connectivity index (χ1n) is 5.14. The van der Waals surface area contributed by atoms with Crippen LogP contribution in [0.25, 0.3) is 0 Å². The Bertz CT molecular complexity index is 591. The number of nitriles is 1. The number of nitrogens with one attached hydrogen (secondary N) is 1. The summed E-state index contributed by atoms with van der Waals surface area (Å²) >= 11 is 0. The van der Waals surface area contributed by atoms with E-state index in [1.807, 2.05) is 0 Å². The second-order valence-electron chi connectivity index (χ2n) is 3.38. The highest BCUT2D eigenvalue weighted by Crippen LogP contribution is 2.24. The van der Waals surface area contributed by atoms with Crippen LogP contribution in [0.2, 0.25) is 0 Å². The number of ether oxygens (including phenoxy) is 2. The molecule has 0 atom stereocenters. The quantitative estimate of drug-likeness (QED) is 0.763. The Balaban J connectivity index is 2.87. The first-order valence-corrected chi connectivity index (χ1v) is 6.80. The number of hydrogen-bond acceptors (Lipinski definition) is 6. The standard InChI is InChI=1S/C11H12N2O5S/c1-17-11(14)8-19(15,16)13-9-4-2-3-5-10(9)18-7-6-12/h2-5,13H,7-8H2,1H3. The molecule has 0 saturated carbocycles. The molecule has 1 aromatic rings. The predicted molar refractivity (Wildman–Crippen MR) is 67.0 cm³/mol. The van der Waals surface area contributed by atoms with Gasteiger partial charge in [-0.2, -0.15) is 5.26 Å². The molecular weight excluding hydrogens is 272 g/mol. The average Bonchev–Trinajstić information content (AvgIpc) is 2.36. The molecule has 102 valence electrons. The van der Waals surface area contributed by atoms with Crippen LogP contribution in [0, 0.1) is 11.3 Å². The highest BCUT2D eigenvalue weighted by molar-refractivity contribution is 7.93. The van der Waals surface area contributed by atoms with Crippen molar-refractivity contribution in [3.8, 4) is 11.8 Å². The zero-order valence-corrected chi connectivity index (χ0v) is 10.9. The minimum atomic E-state index is -3.88. The fourth-order valence-electron chi connectivity index (χ4n) is 1.20. The Kier molecular flexibility index (Phi) is 5.14. The van der Waals surface area contributed by atoms with Gasteiger partial charge >= 0.3 is 5.97 Å². The lowest BCUT2D eigenvalue weighted by Crippen LogP contribution is -2.23. The van der Waals surface area contributed by atoms with E-state index >= 15 is 0 Å². The number of rotatable bonds is 6. The molecule has 0 aliphatic carbocycles. The number of carbonyl (C=O) groups excluding carboxylic acids is 1. The number of sulfonamides is 1. The van der Waals surface area contributed by atoms with Gasteiger partial charge in [-0.25, -0.2) is 8.42 Å². The molecule has 0 aromatic heterocycles. The Labute approximate surface area is 110 Å². The molecule has 1 N–H and O–H groups in total. The van der Waals surface area contributed by atoms with Crippen molar-refractivity contribution in [3.05, 3.63) is 24.3 Å². The third-order valence-electron chi connectivity index (χ3n) is 1.98.